The Balaban J connectivity index is 2.29. The van der Waals surface area contributed by atoms with E-state index in [4.69, 9.17) is 9.84 Å². The number of carboxylic acid groups (broad SMARTS) is 1. The summed E-state index contributed by atoms with van der Waals surface area (Å²) in [5.41, 5.74) is 4.60. The molecule has 1 N–H and O–H groups in total. The summed E-state index contributed by atoms with van der Waals surface area (Å²) in [5, 5.41) is 8.87. The van der Waals surface area contributed by atoms with E-state index in [1.807, 2.05) is 18.2 Å². The predicted octanol–water partition coefficient (Wildman–Crippen LogP) is 3.82. The summed E-state index contributed by atoms with van der Waals surface area (Å²) >= 11 is 0. The van der Waals surface area contributed by atoms with Gasteiger partial charge in [-0.25, -0.2) is 4.79 Å². The summed E-state index contributed by atoms with van der Waals surface area (Å²) in [4.78, 5) is 10.8. The summed E-state index contributed by atoms with van der Waals surface area (Å²) in [6, 6.07) is 13.7. The molecule has 0 aromatic heterocycles. The topological polar surface area (TPSA) is 46.5 Å². The van der Waals surface area contributed by atoms with Crippen molar-refractivity contribution >= 4 is 5.97 Å². The van der Waals surface area contributed by atoms with Gasteiger partial charge in [0.05, 0.1) is 0 Å². The van der Waals surface area contributed by atoms with Gasteiger partial charge < -0.3 is 9.84 Å². The minimum Gasteiger partial charge on any atom is -0.479 e. The number of benzene rings is 2. The van der Waals surface area contributed by atoms with Crippen molar-refractivity contribution < 1.29 is 14.6 Å². The Hall–Kier alpha value is -2.29. The van der Waals surface area contributed by atoms with E-state index in [9.17, 15) is 4.79 Å². The van der Waals surface area contributed by atoms with Gasteiger partial charge in [0.25, 0.3) is 0 Å². The lowest BCUT2D eigenvalue weighted by molar-refractivity contribution is -0.144. The Bertz CT molecular complexity index is 632. The normalized spacial score (nSPS) is 11.9. The molecule has 0 saturated heterocycles. The van der Waals surface area contributed by atoms with Crippen LogP contribution in [0.3, 0.4) is 0 Å². The molecule has 0 fully saturated rings. The molecule has 1 atom stereocenters. The fourth-order valence-electron chi connectivity index (χ4n) is 1.92. The number of ether oxygens (including phenoxy) is 1. The van der Waals surface area contributed by atoms with Gasteiger partial charge >= 0.3 is 5.97 Å². The van der Waals surface area contributed by atoms with Crippen LogP contribution in [-0.4, -0.2) is 17.2 Å². The number of carboxylic acids is 1. The average Bonchev–Trinajstić information content (AvgIpc) is 2.42. The number of hydrogen-bond donors (Lipinski definition) is 1. The molecule has 2 aromatic carbocycles. The zero-order valence-corrected chi connectivity index (χ0v) is 11.9. The standard InChI is InChI=1S/C17H18O3/c1-11-7-8-15(9-12(11)2)14-5-4-6-16(10-14)20-13(3)17(18)19/h4-10,13H,1-3H3,(H,18,19). The third kappa shape index (κ3) is 3.18. The molecule has 2 rings (SSSR count). The quantitative estimate of drug-likeness (QED) is 0.918. The third-order valence-corrected chi connectivity index (χ3v) is 3.33. The molecule has 0 radical (unpaired) electrons. The predicted molar refractivity (Wildman–Crippen MR) is 79.1 cm³/mol. The highest BCUT2D eigenvalue weighted by Crippen LogP contribution is 2.26. The molecule has 0 spiro atoms. The van der Waals surface area contributed by atoms with Crippen LogP contribution in [-0.2, 0) is 4.79 Å². The molecule has 0 heterocycles. The number of aliphatic carboxylic acids is 1. The second-order valence-corrected chi connectivity index (χ2v) is 4.93. The molecule has 1 unspecified atom stereocenters. The zero-order valence-electron chi connectivity index (χ0n) is 11.9. The van der Waals surface area contributed by atoms with Gasteiger partial charge in [-0.15, -0.1) is 0 Å². The van der Waals surface area contributed by atoms with Gasteiger partial charge in [-0.1, -0.05) is 30.3 Å². The van der Waals surface area contributed by atoms with E-state index in [1.54, 1.807) is 6.07 Å². The first-order valence-corrected chi connectivity index (χ1v) is 6.54. The Kier molecular flexibility index (Phi) is 4.08. The lowest BCUT2D eigenvalue weighted by Gasteiger charge is -2.12. The maximum atomic E-state index is 10.8. The second kappa shape index (κ2) is 5.78. The first-order chi connectivity index (χ1) is 9.47. The van der Waals surface area contributed by atoms with Crippen molar-refractivity contribution in [3.63, 3.8) is 0 Å². The minimum absolute atomic E-state index is 0.565. The molecule has 3 heteroatoms. The third-order valence-electron chi connectivity index (χ3n) is 3.33. The highest BCUT2D eigenvalue weighted by molar-refractivity contribution is 5.72. The Morgan fingerprint density at radius 2 is 1.75 bits per heavy atom. The molecule has 0 amide bonds. The number of rotatable bonds is 4. The van der Waals surface area contributed by atoms with Crippen molar-refractivity contribution in [1.29, 1.82) is 0 Å². The highest BCUT2D eigenvalue weighted by Gasteiger charge is 2.12. The lowest BCUT2D eigenvalue weighted by atomic mass is 10.0. The van der Waals surface area contributed by atoms with Crippen molar-refractivity contribution in [2.75, 3.05) is 0 Å². The number of aryl methyl sites for hydroxylation is 2. The minimum atomic E-state index is -0.971. The maximum Gasteiger partial charge on any atom is 0.344 e. The van der Waals surface area contributed by atoms with Crippen LogP contribution >= 0.6 is 0 Å². The van der Waals surface area contributed by atoms with E-state index >= 15 is 0 Å². The smallest absolute Gasteiger partial charge is 0.344 e. The van der Waals surface area contributed by atoms with Crippen molar-refractivity contribution in [3.05, 3.63) is 53.6 Å². The molecule has 3 nitrogen and oxygen atoms in total. The molecule has 0 aliphatic heterocycles. The lowest BCUT2D eigenvalue weighted by Crippen LogP contribution is -2.22. The SMILES string of the molecule is Cc1ccc(-c2cccc(OC(C)C(=O)O)c2)cc1C. The summed E-state index contributed by atoms with van der Waals surface area (Å²) in [5.74, 6) is -0.405. The maximum absolute atomic E-state index is 10.8. The van der Waals surface area contributed by atoms with E-state index in [1.165, 1.54) is 18.1 Å². The molecule has 0 saturated carbocycles. The molecule has 104 valence electrons. The molecule has 0 bridgehead atoms. The first-order valence-electron chi connectivity index (χ1n) is 6.54. The molecule has 2 aromatic rings. The van der Waals surface area contributed by atoms with Gasteiger partial charge in [-0.3, -0.25) is 0 Å². The van der Waals surface area contributed by atoms with E-state index < -0.39 is 12.1 Å². The van der Waals surface area contributed by atoms with Crippen LogP contribution in [0.25, 0.3) is 11.1 Å². The van der Waals surface area contributed by atoms with Crippen LogP contribution in [0.15, 0.2) is 42.5 Å². The summed E-state index contributed by atoms with van der Waals surface area (Å²) in [6.45, 7) is 5.67. The van der Waals surface area contributed by atoms with Crippen LogP contribution in [0.4, 0.5) is 0 Å². The Morgan fingerprint density at radius 3 is 2.40 bits per heavy atom. The van der Waals surface area contributed by atoms with Crippen molar-refractivity contribution in [3.8, 4) is 16.9 Å². The fraction of sp³-hybridized carbons (Fsp3) is 0.235. The van der Waals surface area contributed by atoms with Gasteiger partial charge in [0.1, 0.15) is 5.75 Å². The van der Waals surface area contributed by atoms with Crippen molar-refractivity contribution in [1.82, 2.24) is 0 Å². The Labute approximate surface area is 118 Å². The molecular formula is C17H18O3. The Morgan fingerprint density at radius 1 is 1.05 bits per heavy atom. The second-order valence-electron chi connectivity index (χ2n) is 4.93. The summed E-state index contributed by atoms with van der Waals surface area (Å²) < 4.78 is 5.39. The van der Waals surface area contributed by atoms with Gasteiger partial charge in [-0.05, 0) is 55.2 Å². The molecular weight excluding hydrogens is 252 g/mol. The van der Waals surface area contributed by atoms with Gasteiger partial charge in [0.2, 0.25) is 0 Å². The summed E-state index contributed by atoms with van der Waals surface area (Å²) in [6.07, 6.45) is -0.856. The van der Waals surface area contributed by atoms with Crippen LogP contribution in [0.5, 0.6) is 5.75 Å². The van der Waals surface area contributed by atoms with E-state index in [2.05, 4.69) is 32.0 Å². The highest BCUT2D eigenvalue weighted by atomic mass is 16.5. The van der Waals surface area contributed by atoms with E-state index in [0.29, 0.717) is 5.75 Å². The fourth-order valence-corrected chi connectivity index (χ4v) is 1.92. The number of carbonyl (C=O) groups is 1. The zero-order chi connectivity index (χ0) is 14.7. The number of hydrogen-bond acceptors (Lipinski definition) is 2. The molecule has 0 aliphatic rings. The monoisotopic (exact) mass is 270 g/mol. The van der Waals surface area contributed by atoms with E-state index in [-0.39, 0.29) is 0 Å². The van der Waals surface area contributed by atoms with Gasteiger partial charge in [0, 0.05) is 0 Å². The van der Waals surface area contributed by atoms with Crippen LogP contribution < -0.4 is 4.74 Å². The first kappa shape index (κ1) is 14.1. The average molecular weight is 270 g/mol. The van der Waals surface area contributed by atoms with Crippen LogP contribution in [0, 0.1) is 13.8 Å². The van der Waals surface area contributed by atoms with E-state index in [0.717, 1.165) is 11.1 Å². The van der Waals surface area contributed by atoms with Crippen LogP contribution in [0.2, 0.25) is 0 Å². The molecule has 20 heavy (non-hydrogen) atoms. The summed E-state index contributed by atoms with van der Waals surface area (Å²) in [7, 11) is 0. The van der Waals surface area contributed by atoms with Crippen molar-refractivity contribution in [2.45, 2.75) is 26.9 Å². The van der Waals surface area contributed by atoms with Crippen molar-refractivity contribution in [2.24, 2.45) is 0 Å². The largest absolute Gasteiger partial charge is 0.479 e. The van der Waals surface area contributed by atoms with Crippen LogP contribution in [0.1, 0.15) is 18.1 Å². The molecule has 0 aliphatic carbocycles. The van der Waals surface area contributed by atoms with Gasteiger partial charge in [0.15, 0.2) is 6.10 Å². The van der Waals surface area contributed by atoms with Gasteiger partial charge in [-0.2, -0.15) is 0 Å².